The molecule has 1 aliphatic rings. The minimum Gasteiger partial charge on any atom is -0.478 e. The van der Waals surface area contributed by atoms with Crippen molar-refractivity contribution in [1.29, 1.82) is 0 Å². The second-order valence-corrected chi connectivity index (χ2v) is 3.88. The van der Waals surface area contributed by atoms with Crippen LogP contribution in [0.1, 0.15) is 43.1 Å². The Morgan fingerprint density at radius 2 is 2.27 bits per heavy atom. The maximum absolute atomic E-state index is 10.3. The van der Waals surface area contributed by atoms with E-state index in [2.05, 4.69) is 9.97 Å². The lowest BCUT2D eigenvalue weighted by molar-refractivity contribution is -0.131. The van der Waals surface area contributed by atoms with Crippen molar-refractivity contribution in [3.8, 4) is 0 Å². The number of aromatic nitrogens is 2. The number of aromatic amines is 1. The summed E-state index contributed by atoms with van der Waals surface area (Å²) < 4.78 is 0. The normalized spacial score (nSPS) is 17.6. The quantitative estimate of drug-likeness (QED) is 0.745. The molecule has 4 heteroatoms. The van der Waals surface area contributed by atoms with E-state index in [4.69, 9.17) is 5.11 Å². The molecule has 0 saturated heterocycles. The fourth-order valence-electron chi connectivity index (χ4n) is 2.03. The van der Waals surface area contributed by atoms with E-state index in [9.17, 15) is 4.79 Å². The summed E-state index contributed by atoms with van der Waals surface area (Å²) in [5.74, 6) is 0.262. The molecule has 2 N–H and O–H groups in total. The van der Waals surface area contributed by atoms with Crippen molar-refractivity contribution in [3.05, 3.63) is 23.8 Å². The Hall–Kier alpha value is -1.58. The Morgan fingerprint density at radius 1 is 1.53 bits per heavy atom. The predicted molar refractivity (Wildman–Crippen MR) is 56.5 cm³/mol. The van der Waals surface area contributed by atoms with Crippen molar-refractivity contribution in [2.75, 3.05) is 0 Å². The fourth-order valence-corrected chi connectivity index (χ4v) is 2.03. The lowest BCUT2D eigenvalue weighted by atomic mass is 10.1. The van der Waals surface area contributed by atoms with Gasteiger partial charge < -0.3 is 10.1 Å². The van der Waals surface area contributed by atoms with E-state index in [0.717, 1.165) is 11.8 Å². The molecule has 0 atom stereocenters. The smallest absolute Gasteiger partial charge is 0.328 e. The van der Waals surface area contributed by atoms with Gasteiger partial charge in [-0.2, -0.15) is 0 Å². The van der Waals surface area contributed by atoms with Gasteiger partial charge in [0.2, 0.25) is 0 Å². The highest BCUT2D eigenvalue weighted by Crippen LogP contribution is 2.32. The second-order valence-electron chi connectivity index (χ2n) is 3.88. The number of H-pyrrole nitrogens is 1. The van der Waals surface area contributed by atoms with Crippen LogP contribution in [0, 0.1) is 0 Å². The maximum atomic E-state index is 10.3. The molecule has 1 fully saturated rings. The molecule has 1 heterocycles. The van der Waals surface area contributed by atoms with Crippen LogP contribution in [0.3, 0.4) is 0 Å². The molecule has 4 nitrogen and oxygen atoms in total. The van der Waals surface area contributed by atoms with Crippen molar-refractivity contribution >= 4 is 12.0 Å². The van der Waals surface area contributed by atoms with E-state index in [1.807, 2.05) is 6.20 Å². The Balaban J connectivity index is 2.06. The van der Waals surface area contributed by atoms with E-state index in [-0.39, 0.29) is 0 Å². The molecule has 1 aromatic heterocycles. The van der Waals surface area contributed by atoms with Gasteiger partial charge in [-0.05, 0) is 18.9 Å². The third-order valence-electron chi connectivity index (χ3n) is 2.79. The average molecular weight is 206 g/mol. The van der Waals surface area contributed by atoms with Crippen molar-refractivity contribution in [3.63, 3.8) is 0 Å². The van der Waals surface area contributed by atoms with Crippen LogP contribution in [0.5, 0.6) is 0 Å². The molecule has 0 amide bonds. The van der Waals surface area contributed by atoms with Crippen LogP contribution in [0.25, 0.3) is 6.08 Å². The fraction of sp³-hybridized carbons (Fsp3) is 0.455. The van der Waals surface area contributed by atoms with Gasteiger partial charge in [0.05, 0.1) is 0 Å². The number of imidazole rings is 1. The van der Waals surface area contributed by atoms with Gasteiger partial charge in [0.1, 0.15) is 5.82 Å². The van der Waals surface area contributed by atoms with E-state index >= 15 is 0 Å². The van der Waals surface area contributed by atoms with Crippen LogP contribution in [-0.2, 0) is 4.79 Å². The number of nitrogens with one attached hydrogen (secondary N) is 1. The van der Waals surface area contributed by atoms with Gasteiger partial charge in [0.25, 0.3) is 0 Å². The summed E-state index contributed by atoms with van der Waals surface area (Å²) in [4.78, 5) is 17.6. The molecular formula is C11H14N2O2. The third-order valence-corrected chi connectivity index (χ3v) is 2.79. The van der Waals surface area contributed by atoms with E-state index in [1.54, 1.807) is 0 Å². The summed E-state index contributed by atoms with van der Waals surface area (Å²) in [5, 5.41) is 8.46. The van der Waals surface area contributed by atoms with Crippen LogP contribution < -0.4 is 0 Å². The number of aliphatic carboxylic acids is 1. The number of hydrogen-bond donors (Lipinski definition) is 2. The Bertz CT molecular complexity index is 376. The van der Waals surface area contributed by atoms with E-state index in [0.29, 0.717) is 11.7 Å². The van der Waals surface area contributed by atoms with Crippen LogP contribution in [0.15, 0.2) is 12.3 Å². The number of nitrogens with zero attached hydrogens (tertiary/aromatic N) is 1. The van der Waals surface area contributed by atoms with Crippen LogP contribution in [0.4, 0.5) is 0 Å². The minimum absolute atomic E-state index is 0.587. The standard InChI is InChI=1S/C11H14N2O2/c14-11(15)6-5-10-12-7-9(13-10)8-3-1-2-4-8/h5-8H,1-4H2,(H,12,13)(H,14,15)/b6-5+. The molecule has 0 unspecified atom stereocenters. The first-order valence-corrected chi connectivity index (χ1v) is 5.21. The molecule has 0 aromatic carbocycles. The third kappa shape index (κ3) is 2.46. The predicted octanol–water partition coefficient (Wildman–Crippen LogP) is 2.17. The SMILES string of the molecule is O=C(O)/C=C/c1ncc(C2CCCC2)[nH]1. The number of carboxylic acid groups (broad SMARTS) is 1. The summed E-state index contributed by atoms with van der Waals surface area (Å²) >= 11 is 0. The van der Waals surface area contributed by atoms with Gasteiger partial charge in [-0.3, -0.25) is 0 Å². The lowest BCUT2D eigenvalue weighted by Crippen LogP contribution is -1.92. The van der Waals surface area contributed by atoms with Gasteiger partial charge >= 0.3 is 5.97 Å². The molecular weight excluding hydrogens is 192 g/mol. The summed E-state index contributed by atoms with van der Waals surface area (Å²) in [6, 6.07) is 0. The molecule has 0 aliphatic heterocycles. The number of carboxylic acids is 1. The Labute approximate surface area is 88.0 Å². The highest BCUT2D eigenvalue weighted by atomic mass is 16.4. The van der Waals surface area contributed by atoms with Crippen molar-refractivity contribution in [2.45, 2.75) is 31.6 Å². The summed E-state index contributed by atoms with van der Waals surface area (Å²) in [7, 11) is 0. The molecule has 2 rings (SSSR count). The Morgan fingerprint density at radius 3 is 2.93 bits per heavy atom. The highest BCUT2D eigenvalue weighted by Gasteiger charge is 2.18. The largest absolute Gasteiger partial charge is 0.478 e. The molecule has 0 bridgehead atoms. The maximum Gasteiger partial charge on any atom is 0.328 e. The average Bonchev–Trinajstić information content (AvgIpc) is 2.85. The minimum atomic E-state index is -0.950. The van der Waals surface area contributed by atoms with Gasteiger partial charge in [0.15, 0.2) is 0 Å². The molecule has 1 aliphatic carbocycles. The van der Waals surface area contributed by atoms with Gasteiger partial charge in [-0.25, -0.2) is 9.78 Å². The molecule has 1 aromatic rings. The molecule has 1 saturated carbocycles. The van der Waals surface area contributed by atoms with E-state index in [1.165, 1.54) is 31.8 Å². The summed E-state index contributed by atoms with van der Waals surface area (Å²) in [5.41, 5.74) is 1.14. The number of carbonyl (C=O) groups is 1. The second kappa shape index (κ2) is 4.29. The lowest BCUT2D eigenvalue weighted by Gasteiger charge is -2.03. The zero-order valence-electron chi connectivity index (χ0n) is 8.44. The topological polar surface area (TPSA) is 66.0 Å². The highest BCUT2D eigenvalue weighted by molar-refractivity contribution is 5.84. The van der Waals surface area contributed by atoms with Crippen LogP contribution in [0.2, 0.25) is 0 Å². The van der Waals surface area contributed by atoms with Gasteiger partial charge in [-0.15, -0.1) is 0 Å². The van der Waals surface area contributed by atoms with Crippen LogP contribution >= 0.6 is 0 Å². The van der Waals surface area contributed by atoms with Crippen LogP contribution in [-0.4, -0.2) is 21.0 Å². The van der Waals surface area contributed by atoms with Crippen molar-refractivity contribution < 1.29 is 9.90 Å². The van der Waals surface area contributed by atoms with Gasteiger partial charge in [-0.1, -0.05) is 12.8 Å². The monoisotopic (exact) mass is 206 g/mol. The van der Waals surface area contributed by atoms with E-state index < -0.39 is 5.97 Å². The number of hydrogen-bond acceptors (Lipinski definition) is 2. The summed E-state index contributed by atoms with van der Waals surface area (Å²) in [6.07, 6.45) is 9.39. The first-order valence-electron chi connectivity index (χ1n) is 5.21. The molecule has 80 valence electrons. The summed E-state index contributed by atoms with van der Waals surface area (Å²) in [6.45, 7) is 0. The molecule has 0 spiro atoms. The zero-order valence-corrected chi connectivity index (χ0v) is 8.44. The van der Waals surface area contributed by atoms with Crippen molar-refractivity contribution in [2.24, 2.45) is 0 Å². The number of rotatable bonds is 3. The molecule has 15 heavy (non-hydrogen) atoms. The van der Waals surface area contributed by atoms with Crippen molar-refractivity contribution in [1.82, 2.24) is 9.97 Å². The first kappa shape index (κ1) is 9.96. The zero-order chi connectivity index (χ0) is 10.7. The molecule has 0 radical (unpaired) electrons. The van der Waals surface area contributed by atoms with Gasteiger partial charge in [0, 0.05) is 23.9 Å². The first-order chi connectivity index (χ1) is 7.25. The Kier molecular flexibility index (Phi) is 2.85.